The third kappa shape index (κ3) is 2.56. The van der Waals surface area contributed by atoms with Crippen LogP contribution in [0, 0.1) is 6.92 Å². The molecule has 122 valence electrons. The maximum atomic E-state index is 6.16. The first kappa shape index (κ1) is 16.1. The molecule has 0 spiro atoms. The molecule has 2 aromatic rings. The van der Waals surface area contributed by atoms with Crippen LogP contribution in [-0.4, -0.2) is 28.1 Å². The number of aryl methyl sites for hydroxylation is 2. The van der Waals surface area contributed by atoms with Crippen LogP contribution in [0.3, 0.4) is 0 Å². The van der Waals surface area contributed by atoms with Gasteiger partial charge in [-0.25, -0.2) is 0 Å². The zero-order chi connectivity index (χ0) is 17.0. The van der Waals surface area contributed by atoms with Crippen LogP contribution in [0.1, 0.15) is 33.4 Å². The van der Waals surface area contributed by atoms with Gasteiger partial charge in [0.1, 0.15) is 5.82 Å². The summed E-state index contributed by atoms with van der Waals surface area (Å²) in [5, 5.41) is 4.39. The molecule has 2 heterocycles. The van der Waals surface area contributed by atoms with E-state index in [2.05, 4.69) is 38.9 Å². The number of benzene rings is 1. The Morgan fingerprint density at radius 3 is 2.26 bits per heavy atom. The highest BCUT2D eigenvalue weighted by molar-refractivity contribution is 6.62. The van der Waals surface area contributed by atoms with Gasteiger partial charge in [0.25, 0.3) is 0 Å². The van der Waals surface area contributed by atoms with E-state index in [0.717, 1.165) is 22.3 Å². The van der Waals surface area contributed by atoms with Crippen molar-refractivity contribution in [3.8, 4) is 11.1 Å². The van der Waals surface area contributed by atoms with Gasteiger partial charge in [-0.15, -0.1) is 0 Å². The molecule has 23 heavy (non-hydrogen) atoms. The fraction of sp³-hybridized carbons (Fsp3) is 0.471. The van der Waals surface area contributed by atoms with E-state index in [0.29, 0.717) is 5.82 Å². The van der Waals surface area contributed by atoms with Gasteiger partial charge in [0.2, 0.25) is 0 Å². The molecule has 2 N–H and O–H groups in total. The van der Waals surface area contributed by atoms with Crippen LogP contribution < -0.4 is 11.2 Å². The lowest BCUT2D eigenvalue weighted by Gasteiger charge is -2.32. The summed E-state index contributed by atoms with van der Waals surface area (Å²) < 4.78 is 14.0. The predicted octanol–water partition coefficient (Wildman–Crippen LogP) is 2.28. The van der Waals surface area contributed by atoms with Crippen molar-refractivity contribution in [3.63, 3.8) is 0 Å². The van der Waals surface area contributed by atoms with Crippen LogP contribution in [0.4, 0.5) is 5.82 Å². The first-order chi connectivity index (χ1) is 10.6. The van der Waals surface area contributed by atoms with Crippen molar-refractivity contribution in [2.45, 2.75) is 45.8 Å². The van der Waals surface area contributed by atoms with Gasteiger partial charge in [-0.3, -0.25) is 4.68 Å². The number of nitrogens with zero attached hydrogens (tertiary/aromatic N) is 2. The van der Waals surface area contributed by atoms with Crippen molar-refractivity contribution in [1.82, 2.24) is 9.78 Å². The van der Waals surface area contributed by atoms with Gasteiger partial charge in [-0.2, -0.15) is 5.10 Å². The summed E-state index contributed by atoms with van der Waals surface area (Å²) in [5.41, 5.74) is 9.36. The van der Waals surface area contributed by atoms with Crippen LogP contribution in [0.15, 0.2) is 24.3 Å². The molecule has 1 aromatic heterocycles. The van der Waals surface area contributed by atoms with Crippen molar-refractivity contribution in [1.29, 1.82) is 0 Å². The Bertz CT molecular complexity index is 736. The summed E-state index contributed by atoms with van der Waals surface area (Å²) in [6.45, 7) is 10.2. The molecule has 0 bridgehead atoms. The molecule has 1 saturated heterocycles. The van der Waals surface area contributed by atoms with Gasteiger partial charge in [0, 0.05) is 12.6 Å². The molecule has 0 radical (unpaired) electrons. The van der Waals surface area contributed by atoms with Crippen molar-refractivity contribution in [2.24, 2.45) is 7.05 Å². The van der Waals surface area contributed by atoms with Crippen molar-refractivity contribution < 1.29 is 9.31 Å². The highest BCUT2D eigenvalue weighted by atomic mass is 16.7. The lowest BCUT2D eigenvalue weighted by Crippen LogP contribution is -2.41. The van der Waals surface area contributed by atoms with Gasteiger partial charge >= 0.3 is 7.12 Å². The van der Waals surface area contributed by atoms with Gasteiger partial charge in [0.05, 0.1) is 16.9 Å². The van der Waals surface area contributed by atoms with E-state index in [4.69, 9.17) is 15.0 Å². The normalized spacial score (nSPS) is 19.3. The van der Waals surface area contributed by atoms with E-state index in [-0.39, 0.29) is 18.3 Å². The second kappa shape index (κ2) is 5.11. The molecule has 0 unspecified atom stereocenters. The van der Waals surface area contributed by atoms with Crippen molar-refractivity contribution in [3.05, 3.63) is 30.0 Å². The summed E-state index contributed by atoms with van der Waals surface area (Å²) >= 11 is 0. The van der Waals surface area contributed by atoms with Crippen molar-refractivity contribution in [2.75, 3.05) is 5.73 Å². The number of hydrogen-bond donors (Lipinski definition) is 1. The monoisotopic (exact) mass is 313 g/mol. The maximum Gasteiger partial charge on any atom is 0.494 e. The van der Waals surface area contributed by atoms with E-state index < -0.39 is 0 Å². The molecule has 5 nitrogen and oxygen atoms in total. The summed E-state index contributed by atoms with van der Waals surface area (Å²) in [5.74, 6) is 0.661. The average Bonchev–Trinajstić information content (AvgIpc) is 2.83. The van der Waals surface area contributed by atoms with Crippen LogP contribution >= 0.6 is 0 Å². The molecule has 3 rings (SSSR count). The largest absolute Gasteiger partial charge is 0.494 e. The average molecular weight is 313 g/mol. The SMILES string of the molecule is Cc1nn(C)c(N)c1-c1cccc(B2OC(C)(C)C(C)(C)O2)c1. The minimum Gasteiger partial charge on any atom is -0.399 e. The molecular weight excluding hydrogens is 289 g/mol. The lowest BCUT2D eigenvalue weighted by molar-refractivity contribution is 0.00578. The Morgan fingerprint density at radius 1 is 1.13 bits per heavy atom. The van der Waals surface area contributed by atoms with Crippen LogP contribution in [0.2, 0.25) is 0 Å². The molecule has 1 fully saturated rings. The maximum absolute atomic E-state index is 6.16. The van der Waals surface area contributed by atoms with Crippen molar-refractivity contribution >= 4 is 18.4 Å². The third-order valence-corrected chi connectivity index (χ3v) is 4.97. The fourth-order valence-electron chi connectivity index (χ4n) is 2.85. The molecular formula is C17H24BN3O2. The molecule has 0 amide bonds. The summed E-state index contributed by atoms with van der Waals surface area (Å²) in [7, 11) is 1.47. The fourth-order valence-corrected chi connectivity index (χ4v) is 2.85. The molecule has 0 aliphatic carbocycles. The highest BCUT2D eigenvalue weighted by Crippen LogP contribution is 2.37. The van der Waals surface area contributed by atoms with E-state index in [1.807, 2.05) is 32.2 Å². The zero-order valence-corrected chi connectivity index (χ0v) is 14.7. The number of hydrogen-bond acceptors (Lipinski definition) is 4. The number of nitrogens with two attached hydrogens (primary N) is 1. The first-order valence-corrected chi connectivity index (χ1v) is 7.87. The Hall–Kier alpha value is -1.79. The van der Waals surface area contributed by atoms with Gasteiger partial charge in [-0.1, -0.05) is 24.3 Å². The zero-order valence-electron chi connectivity index (χ0n) is 14.7. The van der Waals surface area contributed by atoms with Gasteiger partial charge < -0.3 is 15.0 Å². The van der Waals surface area contributed by atoms with E-state index in [9.17, 15) is 0 Å². The third-order valence-electron chi connectivity index (χ3n) is 4.97. The predicted molar refractivity (Wildman–Crippen MR) is 93.5 cm³/mol. The minimum absolute atomic E-state index is 0.350. The summed E-state index contributed by atoms with van der Waals surface area (Å²) in [6.07, 6.45) is 0. The number of anilines is 1. The Balaban J connectivity index is 1.99. The van der Waals surface area contributed by atoms with Crippen LogP contribution in [0.25, 0.3) is 11.1 Å². The number of rotatable bonds is 2. The molecule has 1 aromatic carbocycles. The van der Waals surface area contributed by atoms with Gasteiger partial charge in [-0.05, 0) is 45.6 Å². The van der Waals surface area contributed by atoms with Crippen LogP contribution in [0.5, 0.6) is 0 Å². The molecule has 1 aliphatic heterocycles. The molecule has 6 heteroatoms. The second-order valence-corrected chi connectivity index (χ2v) is 7.18. The minimum atomic E-state index is -0.377. The standard InChI is InChI=1S/C17H24BN3O2/c1-11-14(15(19)21(6)20-11)12-8-7-9-13(10-12)18-22-16(2,3)17(4,5)23-18/h7-10H,19H2,1-6H3. The smallest absolute Gasteiger partial charge is 0.399 e. The Kier molecular flexibility index (Phi) is 3.57. The van der Waals surface area contributed by atoms with E-state index in [1.165, 1.54) is 0 Å². The molecule has 0 atom stereocenters. The topological polar surface area (TPSA) is 62.3 Å². The number of nitrogen functional groups attached to an aromatic ring is 1. The molecule has 0 saturated carbocycles. The lowest BCUT2D eigenvalue weighted by atomic mass is 9.78. The first-order valence-electron chi connectivity index (χ1n) is 7.87. The van der Waals surface area contributed by atoms with Crippen LogP contribution in [-0.2, 0) is 16.4 Å². The number of aromatic nitrogens is 2. The summed E-state index contributed by atoms with van der Waals surface area (Å²) in [4.78, 5) is 0. The van der Waals surface area contributed by atoms with E-state index in [1.54, 1.807) is 4.68 Å². The van der Waals surface area contributed by atoms with Gasteiger partial charge in [0.15, 0.2) is 0 Å². The quantitative estimate of drug-likeness (QED) is 0.864. The highest BCUT2D eigenvalue weighted by Gasteiger charge is 2.51. The Morgan fingerprint density at radius 2 is 1.74 bits per heavy atom. The second-order valence-electron chi connectivity index (χ2n) is 7.18. The van der Waals surface area contributed by atoms with E-state index >= 15 is 0 Å². The summed E-state index contributed by atoms with van der Waals surface area (Å²) in [6, 6.07) is 8.13. The molecule has 1 aliphatic rings. The Labute approximate surface area is 137 Å².